The Bertz CT molecular complexity index is 383. The highest BCUT2D eigenvalue weighted by Crippen LogP contribution is 2.22. The third-order valence-corrected chi connectivity index (χ3v) is 3.35. The van der Waals surface area contributed by atoms with E-state index in [1.807, 2.05) is 6.07 Å². The third-order valence-electron chi connectivity index (χ3n) is 3.35. The van der Waals surface area contributed by atoms with Crippen LogP contribution in [0, 0.1) is 5.92 Å². The van der Waals surface area contributed by atoms with E-state index in [0.717, 1.165) is 25.2 Å². The maximum absolute atomic E-state index is 5.82. The number of likely N-dealkylation sites (tertiary alicyclic amines) is 1. The molecule has 0 saturated carbocycles. The summed E-state index contributed by atoms with van der Waals surface area (Å²) < 4.78 is 5.00. The van der Waals surface area contributed by atoms with Gasteiger partial charge in [0.2, 0.25) is 0 Å². The summed E-state index contributed by atoms with van der Waals surface area (Å²) in [5, 5.41) is 8.12. The fraction of sp³-hybridized carbons (Fsp3) is 0.667. The number of nitrogens with two attached hydrogens (primary N) is 1. The quantitative estimate of drug-likeness (QED) is 0.843. The molecule has 1 atom stereocenters. The van der Waals surface area contributed by atoms with E-state index in [9.17, 15) is 0 Å². The lowest BCUT2D eigenvalue weighted by atomic mass is 10.0. The van der Waals surface area contributed by atoms with E-state index < -0.39 is 0 Å². The van der Waals surface area contributed by atoms with Crippen molar-refractivity contribution in [1.29, 1.82) is 0 Å². The van der Waals surface area contributed by atoms with Crippen molar-refractivity contribution in [2.45, 2.75) is 19.8 Å². The molecule has 1 unspecified atom stereocenters. The van der Waals surface area contributed by atoms with Gasteiger partial charge in [0.25, 0.3) is 5.88 Å². The third kappa shape index (κ3) is 2.85. The van der Waals surface area contributed by atoms with Crippen molar-refractivity contribution in [2.75, 3.05) is 32.5 Å². The summed E-state index contributed by atoms with van der Waals surface area (Å²) in [6, 6.07) is 1.88. The van der Waals surface area contributed by atoms with Crippen LogP contribution < -0.4 is 10.5 Å². The van der Waals surface area contributed by atoms with Gasteiger partial charge in [0, 0.05) is 6.54 Å². The van der Waals surface area contributed by atoms with Gasteiger partial charge in [-0.2, -0.15) is 5.10 Å². The first-order chi connectivity index (χ1) is 8.22. The summed E-state index contributed by atoms with van der Waals surface area (Å²) in [6.45, 7) is 5.69. The van der Waals surface area contributed by atoms with Crippen LogP contribution in [0.25, 0.3) is 0 Å². The number of methoxy groups -OCH3 is 1. The molecule has 94 valence electrons. The molecule has 1 aliphatic rings. The fourth-order valence-corrected chi connectivity index (χ4v) is 2.36. The van der Waals surface area contributed by atoms with Gasteiger partial charge in [-0.3, -0.25) is 0 Å². The summed E-state index contributed by atoms with van der Waals surface area (Å²) in [5.74, 6) is 1.09. The van der Waals surface area contributed by atoms with E-state index in [4.69, 9.17) is 10.5 Å². The first-order valence-corrected chi connectivity index (χ1v) is 6.11. The van der Waals surface area contributed by atoms with Crippen molar-refractivity contribution in [3.63, 3.8) is 0 Å². The van der Waals surface area contributed by atoms with Crippen molar-refractivity contribution >= 4 is 5.69 Å². The Morgan fingerprint density at radius 3 is 2.94 bits per heavy atom. The minimum Gasteiger partial charge on any atom is -0.478 e. The molecule has 0 spiro atoms. The molecular weight excluding hydrogens is 216 g/mol. The van der Waals surface area contributed by atoms with Gasteiger partial charge in [0.15, 0.2) is 0 Å². The average Bonchev–Trinajstić information content (AvgIpc) is 2.77. The van der Waals surface area contributed by atoms with Crippen LogP contribution in [-0.4, -0.2) is 41.8 Å². The molecule has 1 aromatic rings. The van der Waals surface area contributed by atoms with Gasteiger partial charge in [-0.05, 0) is 37.9 Å². The maximum atomic E-state index is 5.82. The second kappa shape index (κ2) is 5.31. The minimum absolute atomic E-state index is 0.412. The van der Waals surface area contributed by atoms with Gasteiger partial charge in [-0.1, -0.05) is 6.92 Å². The van der Waals surface area contributed by atoms with Crippen LogP contribution in [0.2, 0.25) is 0 Å². The van der Waals surface area contributed by atoms with Crippen molar-refractivity contribution < 1.29 is 4.74 Å². The number of hydrogen-bond donors (Lipinski definition) is 1. The number of nitrogen functional groups attached to an aromatic ring is 1. The second-order valence-electron chi connectivity index (χ2n) is 4.55. The Labute approximate surface area is 102 Å². The number of hydrogen-bond acceptors (Lipinski definition) is 5. The molecule has 0 amide bonds. The Kier molecular flexibility index (Phi) is 3.78. The number of anilines is 1. The smallest absolute Gasteiger partial charge is 0.256 e. The standard InChI is InChI=1S/C12H20N4O/c1-3-16-5-4-9(8-16)6-10-7-11(13)12(17-2)15-14-10/h7,9H,3-6,8H2,1-2H3,(H2,13,14). The predicted molar refractivity (Wildman–Crippen MR) is 66.9 cm³/mol. The Morgan fingerprint density at radius 2 is 2.35 bits per heavy atom. The molecule has 1 saturated heterocycles. The van der Waals surface area contributed by atoms with Crippen LogP contribution in [-0.2, 0) is 6.42 Å². The lowest BCUT2D eigenvalue weighted by Gasteiger charge is -2.12. The summed E-state index contributed by atoms with van der Waals surface area (Å²) in [6.07, 6.45) is 2.19. The van der Waals surface area contributed by atoms with E-state index in [-0.39, 0.29) is 0 Å². The highest BCUT2D eigenvalue weighted by molar-refractivity contribution is 5.47. The monoisotopic (exact) mass is 236 g/mol. The number of ether oxygens (including phenoxy) is 1. The van der Waals surface area contributed by atoms with E-state index in [1.54, 1.807) is 7.11 Å². The van der Waals surface area contributed by atoms with E-state index >= 15 is 0 Å². The zero-order valence-corrected chi connectivity index (χ0v) is 10.5. The topological polar surface area (TPSA) is 64.3 Å². The van der Waals surface area contributed by atoms with Crippen molar-refractivity contribution in [3.05, 3.63) is 11.8 Å². The Hall–Kier alpha value is -1.36. The van der Waals surface area contributed by atoms with E-state index in [2.05, 4.69) is 22.0 Å². The predicted octanol–water partition coefficient (Wildman–Crippen LogP) is 0.952. The zero-order valence-electron chi connectivity index (χ0n) is 10.5. The molecule has 0 aliphatic carbocycles. The minimum atomic E-state index is 0.412. The average molecular weight is 236 g/mol. The zero-order chi connectivity index (χ0) is 12.3. The van der Waals surface area contributed by atoms with Crippen molar-refractivity contribution in [2.24, 2.45) is 5.92 Å². The first-order valence-electron chi connectivity index (χ1n) is 6.11. The second-order valence-corrected chi connectivity index (χ2v) is 4.55. The molecule has 5 nitrogen and oxygen atoms in total. The van der Waals surface area contributed by atoms with Gasteiger partial charge in [-0.25, -0.2) is 0 Å². The first kappa shape index (κ1) is 12.1. The number of nitrogens with zero attached hydrogens (tertiary/aromatic N) is 3. The summed E-state index contributed by atoms with van der Waals surface area (Å²) >= 11 is 0. The van der Waals surface area contributed by atoms with E-state index in [0.29, 0.717) is 17.5 Å². The highest BCUT2D eigenvalue weighted by Gasteiger charge is 2.22. The molecule has 2 N–H and O–H groups in total. The molecular formula is C12H20N4O. The Morgan fingerprint density at radius 1 is 1.53 bits per heavy atom. The van der Waals surface area contributed by atoms with Gasteiger partial charge >= 0.3 is 0 Å². The van der Waals surface area contributed by atoms with E-state index in [1.165, 1.54) is 13.0 Å². The molecule has 1 fully saturated rings. The van der Waals surface area contributed by atoms with Gasteiger partial charge in [0.05, 0.1) is 18.5 Å². The maximum Gasteiger partial charge on any atom is 0.256 e. The van der Waals surface area contributed by atoms with Crippen LogP contribution in [0.3, 0.4) is 0 Å². The largest absolute Gasteiger partial charge is 0.478 e. The number of rotatable bonds is 4. The Balaban J connectivity index is 1.97. The number of aromatic nitrogens is 2. The highest BCUT2D eigenvalue weighted by atomic mass is 16.5. The van der Waals surface area contributed by atoms with Crippen LogP contribution in [0.4, 0.5) is 5.69 Å². The SMILES string of the molecule is CCN1CCC(Cc2cc(N)c(OC)nn2)C1. The molecule has 0 aromatic carbocycles. The lowest BCUT2D eigenvalue weighted by molar-refractivity contribution is 0.341. The fourth-order valence-electron chi connectivity index (χ4n) is 2.36. The van der Waals surface area contributed by atoms with Crippen LogP contribution in [0.1, 0.15) is 19.0 Å². The van der Waals surface area contributed by atoms with Gasteiger partial charge < -0.3 is 15.4 Å². The summed E-state index contributed by atoms with van der Waals surface area (Å²) in [4.78, 5) is 2.46. The van der Waals surface area contributed by atoms with Crippen molar-refractivity contribution in [3.8, 4) is 5.88 Å². The van der Waals surface area contributed by atoms with Crippen LogP contribution >= 0.6 is 0 Å². The summed E-state index contributed by atoms with van der Waals surface area (Å²) in [7, 11) is 1.55. The molecule has 5 heteroatoms. The molecule has 0 bridgehead atoms. The van der Waals surface area contributed by atoms with Crippen LogP contribution in [0.15, 0.2) is 6.07 Å². The van der Waals surface area contributed by atoms with Crippen molar-refractivity contribution in [1.82, 2.24) is 15.1 Å². The van der Waals surface area contributed by atoms with Crippen LogP contribution in [0.5, 0.6) is 5.88 Å². The van der Waals surface area contributed by atoms with Gasteiger partial charge in [-0.15, -0.1) is 5.10 Å². The summed E-state index contributed by atoms with van der Waals surface area (Å²) in [5.41, 5.74) is 7.36. The molecule has 1 aliphatic heterocycles. The normalized spacial score (nSPS) is 20.7. The lowest BCUT2D eigenvalue weighted by Crippen LogP contribution is -2.20. The molecule has 1 aromatic heterocycles. The molecule has 17 heavy (non-hydrogen) atoms. The van der Waals surface area contributed by atoms with Gasteiger partial charge in [0.1, 0.15) is 0 Å². The molecule has 2 rings (SSSR count). The molecule has 0 radical (unpaired) electrons. The molecule has 2 heterocycles.